The van der Waals surface area contributed by atoms with Crippen LogP contribution in [-0.4, -0.2) is 25.1 Å². The van der Waals surface area contributed by atoms with Crippen LogP contribution >= 0.6 is 11.3 Å². The lowest BCUT2D eigenvalue weighted by atomic mass is 9.87. The van der Waals surface area contributed by atoms with E-state index in [2.05, 4.69) is 13.0 Å². The molecule has 156 valence electrons. The number of fused-ring (bicyclic) bond motifs is 2. The first-order valence-electron chi connectivity index (χ1n) is 9.54. The Morgan fingerprint density at radius 2 is 1.93 bits per heavy atom. The van der Waals surface area contributed by atoms with Crippen molar-refractivity contribution in [3.63, 3.8) is 0 Å². The minimum atomic E-state index is -3.95. The molecule has 2 heterocycles. The monoisotopic (exact) mass is 443 g/mol. The van der Waals surface area contributed by atoms with Gasteiger partial charge in [0.15, 0.2) is 0 Å². The highest BCUT2D eigenvalue weighted by molar-refractivity contribution is 7.90. The number of thiophene rings is 1. The SMILES string of the molecule is CC(=O)NS(=O)(=O)c1ccc(C(=O)c2sc3nc4c(cc3c2N)CC(C)CC4)cc1. The molecular weight excluding hydrogens is 422 g/mol. The zero-order valence-corrected chi connectivity index (χ0v) is 18.2. The second-order valence-electron chi connectivity index (χ2n) is 7.65. The summed E-state index contributed by atoms with van der Waals surface area (Å²) in [5, 5.41) is 0.793. The number of nitrogens with one attached hydrogen (secondary N) is 1. The number of aromatic nitrogens is 1. The number of rotatable bonds is 4. The Labute approximate surface area is 178 Å². The van der Waals surface area contributed by atoms with E-state index in [0.717, 1.165) is 42.1 Å². The molecule has 1 aliphatic rings. The summed E-state index contributed by atoms with van der Waals surface area (Å²) in [6, 6.07) is 7.47. The second kappa shape index (κ2) is 7.48. The third-order valence-corrected chi connectivity index (χ3v) is 7.81. The average molecular weight is 444 g/mol. The molecule has 1 unspecified atom stereocenters. The van der Waals surface area contributed by atoms with Gasteiger partial charge in [0.1, 0.15) is 9.71 Å². The third-order valence-electron chi connectivity index (χ3n) is 5.24. The van der Waals surface area contributed by atoms with Gasteiger partial charge in [-0.15, -0.1) is 11.3 Å². The molecule has 30 heavy (non-hydrogen) atoms. The Kier molecular flexibility index (Phi) is 5.11. The maximum atomic E-state index is 13.0. The van der Waals surface area contributed by atoms with E-state index >= 15 is 0 Å². The largest absolute Gasteiger partial charge is 0.397 e. The van der Waals surface area contributed by atoms with Crippen molar-refractivity contribution in [2.24, 2.45) is 5.92 Å². The molecular formula is C21H21N3O4S2. The fourth-order valence-corrected chi connectivity index (χ4v) is 5.75. The number of nitrogen functional groups attached to an aromatic ring is 1. The molecule has 3 aromatic rings. The van der Waals surface area contributed by atoms with Crippen LogP contribution in [0.4, 0.5) is 5.69 Å². The molecule has 0 bridgehead atoms. The van der Waals surface area contributed by atoms with Crippen LogP contribution in [0.25, 0.3) is 10.2 Å². The topological polar surface area (TPSA) is 119 Å². The van der Waals surface area contributed by atoms with E-state index in [1.807, 2.05) is 4.72 Å². The van der Waals surface area contributed by atoms with Crippen molar-refractivity contribution >= 4 is 49.0 Å². The van der Waals surface area contributed by atoms with E-state index in [0.29, 0.717) is 22.0 Å². The smallest absolute Gasteiger partial charge is 0.264 e. The number of aryl methyl sites for hydroxylation is 1. The summed E-state index contributed by atoms with van der Waals surface area (Å²) in [7, 11) is -3.95. The highest BCUT2D eigenvalue weighted by atomic mass is 32.2. The predicted octanol–water partition coefficient (Wildman–Crippen LogP) is 3.06. The van der Waals surface area contributed by atoms with Gasteiger partial charge in [0.25, 0.3) is 10.0 Å². The fourth-order valence-electron chi connectivity index (χ4n) is 3.71. The molecule has 1 atom stereocenters. The quantitative estimate of drug-likeness (QED) is 0.598. The summed E-state index contributed by atoms with van der Waals surface area (Å²) in [5.41, 5.74) is 9.29. The van der Waals surface area contributed by atoms with Crippen molar-refractivity contribution in [3.8, 4) is 0 Å². The summed E-state index contributed by atoms with van der Waals surface area (Å²) in [6.45, 7) is 3.33. The van der Waals surface area contributed by atoms with Crippen LogP contribution < -0.4 is 10.5 Å². The summed E-state index contributed by atoms with van der Waals surface area (Å²) >= 11 is 1.26. The average Bonchev–Trinajstić information content (AvgIpc) is 3.00. The normalized spacial score (nSPS) is 16.3. The molecule has 7 nitrogen and oxygen atoms in total. The molecule has 0 saturated carbocycles. The highest BCUT2D eigenvalue weighted by Gasteiger charge is 2.23. The van der Waals surface area contributed by atoms with Crippen molar-refractivity contribution in [1.29, 1.82) is 0 Å². The van der Waals surface area contributed by atoms with Crippen molar-refractivity contribution in [2.75, 3.05) is 5.73 Å². The van der Waals surface area contributed by atoms with E-state index < -0.39 is 15.9 Å². The van der Waals surface area contributed by atoms with Gasteiger partial charge in [-0.05, 0) is 61.1 Å². The number of benzene rings is 1. The molecule has 1 aromatic carbocycles. The van der Waals surface area contributed by atoms with E-state index in [9.17, 15) is 18.0 Å². The van der Waals surface area contributed by atoms with Crippen LogP contribution in [0.15, 0.2) is 35.2 Å². The van der Waals surface area contributed by atoms with Crippen molar-refractivity contribution in [3.05, 3.63) is 52.0 Å². The fraction of sp³-hybridized carbons (Fsp3) is 0.286. The lowest BCUT2D eigenvalue weighted by molar-refractivity contribution is -0.117. The molecule has 0 aliphatic heterocycles. The Bertz CT molecular complexity index is 1280. The van der Waals surface area contributed by atoms with Crippen molar-refractivity contribution in [1.82, 2.24) is 9.71 Å². The second-order valence-corrected chi connectivity index (χ2v) is 10.3. The summed E-state index contributed by atoms with van der Waals surface area (Å²) in [6.07, 6.45) is 2.99. The highest BCUT2D eigenvalue weighted by Crippen LogP contribution is 2.37. The first-order chi connectivity index (χ1) is 14.2. The van der Waals surface area contributed by atoms with Crippen LogP contribution in [0, 0.1) is 5.92 Å². The Balaban J connectivity index is 1.68. The standard InChI is InChI=1S/C21H21N3O4S2/c1-11-3-8-17-14(9-11)10-16-18(22)20(29-21(16)23-17)19(26)13-4-6-15(7-5-13)30(27,28)24-12(2)25/h4-7,10-11H,3,8-9,22H2,1-2H3,(H,24,25). The van der Waals surface area contributed by atoms with Crippen LogP contribution in [0.1, 0.15) is 46.8 Å². The lowest BCUT2D eigenvalue weighted by Crippen LogP contribution is -2.28. The number of hydrogen-bond donors (Lipinski definition) is 2. The molecule has 0 saturated heterocycles. The minimum Gasteiger partial charge on any atom is -0.397 e. The molecule has 9 heteroatoms. The Morgan fingerprint density at radius 3 is 2.60 bits per heavy atom. The van der Waals surface area contributed by atoms with Gasteiger partial charge in [-0.1, -0.05) is 6.92 Å². The van der Waals surface area contributed by atoms with Gasteiger partial charge >= 0.3 is 0 Å². The van der Waals surface area contributed by atoms with Gasteiger partial charge in [-0.3, -0.25) is 9.59 Å². The lowest BCUT2D eigenvalue weighted by Gasteiger charge is -2.20. The first-order valence-corrected chi connectivity index (χ1v) is 11.8. The number of hydrogen-bond acceptors (Lipinski definition) is 7. The summed E-state index contributed by atoms with van der Waals surface area (Å²) in [4.78, 5) is 29.9. The maximum Gasteiger partial charge on any atom is 0.264 e. The maximum absolute atomic E-state index is 13.0. The Morgan fingerprint density at radius 1 is 1.23 bits per heavy atom. The number of nitrogens with two attached hydrogens (primary N) is 1. The van der Waals surface area contributed by atoms with E-state index in [-0.39, 0.29) is 10.7 Å². The predicted molar refractivity (Wildman–Crippen MR) is 116 cm³/mol. The van der Waals surface area contributed by atoms with Gasteiger partial charge < -0.3 is 5.73 Å². The molecule has 0 fully saturated rings. The minimum absolute atomic E-state index is 0.0953. The first kappa shape index (κ1) is 20.5. The molecule has 1 aliphatic carbocycles. The van der Waals surface area contributed by atoms with Crippen LogP contribution in [-0.2, 0) is 27.7 Å². The number of carbonyl (C=O) groups excluding carboxylic acids is 2. The van der Waals surface area contributed by atoms with Crippen LogP contribution in [0.2, 0.25) is 0 Å². The summed E-state index contributed by atoms with van der Waals surface area (Å²) < 4.78 is 26.0. The molecule has 2 aromatic heterocycles. The van der Waals surface area contributed by atoms with E-state index in [1.165, 1.54) is 41.2 Å². The van der Waals surface area contributed by atoms with Gasteiger partial charge in [-0.2, -0.15) is 0 Å². The van der Waals surface area contributed by atoms with Gasteiger partial charge in [-0.25, -0.2) is 18.1 Å². The zero-order chi connectivity index (χ0) is 21.6. The van der Waals surface area contributed by atoms with Gasteiger partial charge in [0.05, 0.1) is 10.6 Å². The number of carbonyl (C=O) groups is 2. The zero-order valence-electron chi connectivity index (χ0n) is 16.6. The van der Waals surface area contributed by atoms with Crippen LogP contribution in [0.5, 0.6) is 0 Å². The van der Waals surface area contributed by atoms with Crippen molar-refractivity contribution in [2.45, 2.75) is 38.0 Å². The van der Waals surface area contributed by atoms with Crippen LogP contribution in [0.3, 0.4) is 0 Å². The number of amides is 1. The number of sulfonamides is 1. The molecule has 0 spiro atoms. The molecule has 1 amide bonds. The summed E-state index contributed by atoms with van der Waals surface area (Å²) in [5.74, 6) is -0.367. The number of anilines is 1. The van der Waals surface area contributed by atoms with E-state index in [1.54, 1.807) is 0 Å². The Hall–Kier alpha value is -2.78. The number of pyridine rings is 1. The number of ketones is 1. The molecule has 3 N–H and O–H groups in total. The van der Waals surface area contributed by atoms with E-state index in [4.69, 9.17) is 10.7 Å². The van der Waals surface area contributed by atoms with Gasteiger partial charge in [0, 0.05) is 23.6 Å². The molecule has 4 rings (SSSR count). The van der Waals surface area contributed by atoms with Crippen molar-refractivity contribution < 1.29 is 18.0 Å². The van der Waals surface area contributed by atoms with Gasteiger partial charge in [0.2, 0.25) is 11.7 Å². The third kappa shape index (κ3) is 3.70. The number of nitrogens with zero attached hydrogens (tertiary/aromatic N) is 1. The molecule has 0 radical (unpaired) electrons.